The van der Waals surface area contributed by atoms with E-state index in [1.165, 1.54) is 0 Å². The Morgan fingerprint density at radius 3 is 1.75 bits per heavy atom. The second kappa shape index (κ2) is 5.08. The van der Waals surface area contributed by atoms with Gasteiger partial charge in [-0.15, -0.1) is 0 Å². The van der Waals surface area contributed by atoms with Crippen LogP contribution in [0.1, 0.15) is 13.3 Å². The van der Waals surface area contributed by atoms with E-state index in [1.54, 1.807) is 0 Å². The zero-order chi connectivity index (χ0) is 15.8. The molecule has 2 nitrogen and oxygen atoms in total. The molecule has 0 aromatic rings. The Morgan fingerprint density at radius 1 is 1.00 bits per heavy atom. The van der Waals surface area contributed by atoms with Gasteiger partial charge in [-0.1, -0.05) is 17.7 Å². The van der Waals surface area contributed by atoms with Crippen LogP contribution in [0.25, 0.3) is 0 Å². The van der Waals surface area contributed by atoms with Gasteiger partial charge in [0.15, 0.2) is 5.78 Å². The maximum Gasteiger partial charge on any atom is 0.426 e. The van der Waals surface area contributed by atoms with Gasteiger partial charge in [-0.3, -0.25) is 4.79 Å². The van der Waals surface area contributed by atoms with Crippen LogP contribution in [0.15, 0.2) is 35.5 Å². The molecule has 1 aliphatic carbocycles. The first kappa shape index (κ1) is 16.5. The van der Waals surface area contributed by atoms with E-state index in [1.807, 2.05) is 0 Å². The highest BCUT2D eigenvalue weighted by Crippen LogP contribution is 2.47. The van der Waals surface area contributed by atoms with Crippen LogP contribution >= 0.6 is 0 Å². The summed E-state index contributed by atoms with van der Waals surface area (Å²) in [6.45, 7) is 1.03. The minimum Gasteiger partial charge on any atom is -0.373 e. The van der Waals surface area contributed by atoms with Crippen LogP contribution < -0.4 is 0 Å². The van der Waals surface area contributed by atoms with Crippen molar-refractivity contribution in [3.8, 4) is 0 Å². The molecule has 0 bridgehead atoms. The molecule has 0 aromatic heterocycles. The summed E-state index contributed by atoms with van der Waals surface area (Å²) in [5, 5.41) is 9.04. The zero-order valence-electron chi connectivity index (χ0n) is 10.1. The molecule has 1 rings (SSSR count). The van der Waals surface area contributed by atoms with E-state index in [-0.39, 0.29) is 11.1 Å². The van der Waals surface area contributed by atoms with Crippen molar-refractivity contribution in [2.75, 3.05) is 0 Å². The second-order valence-electron chi connectivity index (χ2n) is 4.34. The van der Waals surface area contributed by atoms with Gasteiger partial charge >= 0.3 is 12.4 Å². The van der Waals surface area contributed by atoms with Crippen molar-refractivity contribution >= 4 is 5.78 Å². The first-order chi connectivity index (χ1) is 8.88. The Hall–Kier alpha value is -1.57. The summed E-state index contributed by atoms with van der Waals surface area (Å²) in [5.74, 6) is -0.427. The Bertz CT molecular complexity index is 461. The Labute approximate surface area is 110 Å². The quantitative estimate of drug-likeness (QED) is 0.795. The topological polar surface area (TPSA) is 37.3 Å². The van der Waals surface area contributed by atoms with Crippen LogP contribution in [0.4, 0.5) is 26.3 Å². The minimum absolute atomic E-state index is 0.0246. The van der Waals surface area contributed by atoms with Crippen LogP contribution in [0.3, 0.4) is 0 Å². The molecule has 0 unspecified atom stereocenters. The lowest BCUT2D eigenvalue weighted by Gasteiger charge is -2.33. The van der Waals surface area contributed by atoms with Crippen molar-refractivity contribution in [2.45, 2.75) is 31.3 Å². The van der Waals surface area contributed by atoms with Crippen LogP contribution in [-0.4, -0.2) is 28.8 Å². The summed E-state index contributed by atoms with van der Waals surface area (Å²) in [5.41, 5.74) is -5.13. The molecular weight excluding hydrogens is 290 g/mol. The normalized spacial score (nSPS) is 16.8. The van der Waals surface area contributed by atoms with Gasteiger partial charge in [-0.05, 0) is 24.6 Å². The maximum atomic E-state index is 12.5. The number of aliphatic hydroxyl groups is 1. The maximum absolute atomic E-state index is 12.5. The van der Waals surface area contributed by atoms with Crippen molar-refractivity contribution in [3.05, 3.63) is 35.5 Å². The van der Waals surface area contributed by atoms with Crippen molar-refractivity contribution in [1.82, 2.24) is 0 Å². The third kappa shape index (κ3) is 3.12. The van der Waals surface area contributed by atoms with E-state index in [2.05, 4.69) is 0 Å². The van der Waals surface area contributed by atoms with Crippen LogP contribution in [0.5, 0.6) is 0 Å². The largest absolute Gasteiger partial charge is 0.426 e. The highest BCUT2D eigenvalue weighted by Gasteiger charge is 2.70. The minimum atomic E-state index is -5.86. The average Bonchev–Trinajstić information content (AvgIpc) is 2.26. The first-order valence-corrected chi connectivity index (χ1v) is 5.34. The van der Waals surface area contributed by atoms with Gasteiger partial charge in [0.2, 0.25) is 0 Å². The van der Waals surface area contributed by atoms with Crippen molar-refractivity contribution in [2.24, 2.45) is 0 Å². The molecule has 0 saturated carbocycles. The molecule has 0 aromatic carbocycles. The lowest BCUT2D eigenvalue weighted by molar-refractivity contribution is -0.367. The summed E-state index contributed by atoms with van der Waals surface area (Å²) in [7, 11) is 0. The third-order valence-electron chi connectivity index (χ3n) is 2.81. The smallest absolute Gasteiger partial charge is 0.373 e. The van der Waals surface area contributed by atoms with Gasteiger partial charge in [0.05, 0.1) is 0 Å². The van der Waals surface area contributed by atoms with Crippen LogP contribution in [0.2, 0.25) is 0 Å². The summed E-state index contributed by atoms with van der Waals surface area (Å²) in [6.07, 6.45) is -9.14. The number of carbonyl (C=O) groups is 1. The van der Waals surface area contributed by atoms with E-state index in [0.29, 0.717) is 0 Å². The Morgan fingerprint density at radius 2 is 1.40 bits per heavy atom. The number of halogens is 6. The molecule has 0 spiro atoms. The van der Waals surface area contributed by atoms with Crippen LogP contribution in [0, 0.1) is 0 Å². The molecule has 0 atom stereocenters. The van der Waals surface area contributed by atoms with Gasteiger partial charge in [-0.25, -0.2) is 0 Å². The number of rotatable bonds is 2. The summed E-state index contributed by atoms with van der Waals surface area (Å²) in [4.78, 5) is 10.8. The summed E-state index contributed by atoms with van der Waals surface area (Å²) < 4.78 is 75.0. The van der Waals surface area contributed by atoms with E-state index in [9.17, 15) is 31.1 Å². The predicted molar refractivity (Wildman–Crippen MR) is 57.7 cm³/mol. The lowest BCUT2D eigenvalue weighted by atomic mass is 9.90. The highest BCUT2D eigenvalue weighted by molar-refractivity contribution is 6.01. The fraction of sp³-hybridized carbons (Fsp3) is 0.417. The SMILES string of the molecule is CC(CC(O)(C(F)(F)F)C(F)(F)F)=C1C=CC(=O)C=C1. The van der Waals surface area contributed by atoms with E-state index < -0.39 is 30.2 Å². The molecule has 0 heterocycles. The number of allylic oxidation sites excluding steroid dienone is 5. The summed E-state index contributed by atoms with van der Waals surface area (Å²) >= 11 is 0. The molecule has 0 aliphatic heterocycles. The van der Waals surface area contributed by atoms with Crippen LogP contribution in [-0.2, 0) is 4.79 Å². The number of hydrogen-bond acceptors (Lipinski definition) is 2. The number of ketones is 1. The molecule has 1 aliphatic rings. The number of alkyl halides is 6. The Balaban J connectivity index is 3.16. The van der Waals surface area contributed by atoms with Gasteiger partial charge in [0, 0.05) is 6.42 Å². The first-order valence-electron chi connectivity index (χ1n) is 5.34. The fourth-order valence-corrected chi connectivity index (χ4v) is 1.59. The fourth-order valence-electron chi connectivity index (χ4n) is 1.59. The monoisotopic (exact) mass is 300 g/mol. The van der Waals surface area contributed by atoms with E-state index >= 15 is 0 Å². The average molecular weight is 300 g/mol. The molecular formula is C12H10F6O2. The van der Waals surface area contributed by atoms with Crippen molar-refractivity contribution in [3.63, 3.8) is 0 Å². The molecule has 0 fully saturated rings. The molecule has 0 amide bonds. The number of hydrogen-bond donors (Lipinski definition) is 1. The van der Waals surface area contributed by atoms with E-state index in [0.717, 1.165) is 31.2 Å². The highest BCUT2D eigenvalue weighted by atomic mass is 19.4. The zero-order valence-corrected chi connectivity index (χ0v) is 10.1. The van der Waals surface area contributed by atoms with Gasteiger partial charge in [-0.2, -0.15) is 26.3 Å². The van der Waals surface area contributed by atoms with Gasteiger partial charge in [0.25, 0.3) is 5.60 Å². The molecule has 20 heavy (non-hydrogen) atoms. The standard InChI is InChI=1S/C12H10F6O2/c1-7(8-2-4-9(19)5-3-8)6-10(20,11(13,14)15)12(16,17)18/h2-5,20H,6H2,1H3. The van der Waals surface area contributed by atoms with E-state index in [4.69, 9.17) is 5.11 Å². The van der Waals surface area contributed by atoms with Gasteiger partial charge < -0.3 is 5.11 Å². The molecule has 0 saturated heterocycles. The second-order valence-corrected chi connectivity index (χ2v) is 4.34. The lowest BCUT2D eigenvalue weighted by Crippen LogP contribution is -2.56. The molecule has 8 heteroatoms. The van der Waals surface area contributed by atoms with Crippen molar-refractivity contribution < 1.29 is 36.2 Å². The Kier molecular flexibility index (Phi) is 4.19. The predicted octanol–water partition coefficient (Wildman–Crippen LogP) is 3.24. The molecule has 0 radical (unpaired) electrons. The molecule has 1 N–H and O–H groups in total. The molecule has 112 valence electrons. The summed E-state index contributed by atoms with van der Waals surface area (Å²) in [6, 6.07) is 0. The van der Waals surface area contributed by atoms with Crippen molar-refractivity contribution in [1.29, 1.82) is 0 Å². The third-order valence-corrected chi connectivity index (χ3v) is 2.81. The van der Waals surface area contributed by atoms with Gasteiger partial charge in [0.1, 0.15) is 0 Å². The number of carbonyl (C=O) groups excluding carboxylic acids is 1.